The second-order valence-electron chi connectivity index (χ2n) is 7.83. The van der Waals surface area contributed by atoms with Crippen molar-refractivity contribution in [2.24, 2.45) is 5.92 Å². The molecule has 4 heteroatoms. The zero-order chi connectivity index (χ0) is 14.8. The molecular weight excluding hydrogens is 239 g/mol. The Morgan fingerprint density at radius 2 is 1.68 bits per heavy atom. The summed E-state index contributed by atoms with van der Waals surface area (Å²) in [6, 6.07) is 0. The molecule has 0 radical (unpaired) electrons. The first-order chi connectivity index (χ1) is 8.49. The van der Waals surface area contributed by atoms with E-state index < -0.39 is 0 Å². The average Bonchev–Trinajstić information content (AvgIpc) is 2.21. The highest BCUT2D eigenvalue weighted by atomic mass is 16.6. The van der Waals surface area contributed by atoms with Crippen LogP contribution in [0.1, 0.15) is 48.5 Å². The van der Waals surface area contributed by atoms with E-state index in [1.165, 1.54) is 0 Å². The summed E-state index contributed by atoms with van der Waals surface area (Å²) in [7, 11) is 2.23. The van der Waals surface area contributed by atoms with Gasteiger partial charge in [-0.2, -0.15) is 0 Å². The fraction of sp³-hybridized carbons (Fsp3) is 1.00. The van der Waals surface area contributed by atoms with Crippen LogP contribution in [-0.2, 0) is 14.2 Å². The molecule has 1 aliphatic heterocycles. The molecule has 0 amide bonds. The molecule has 1 heterocycles. The van der Waals surface area contributed by atoms with Crippen LogP contribution in [0.4, 0.5) is 0 Å². The monoisotopic (exact) mass is 270 g/mol. The van der Waals surface area contributed by atoms with Gasteiger partial charge in [-0.15, -0.1) is 0 Å². The smallest absolute Gasteiger partial charge is 0.108 e. The number of hydrogen-bond acceptors (Lipinski definition) is 3. The predicted octanol–water partition coefficient (Wildman–Crippen LogP) is 2.44. The van der Waals surface area contributed by atoms with Crippen molar-refractivity contribution in [3.05, 3.63) is 0 Å². The lowest BCUT2D eigenvalue weighted by atomic mass is 9.72. The van der Waals surface area contributed by atoms with Gasteiger partial charge in [0, 0.05) is 6.61 Å². The summed E-state index contributed by atoms with van der Waals surface area (Å²) in [5.41, 5.74) is -0.290. The van der Waals surface area contributed by atoms with Crippen molar-refractivity contribution in [2.45, 2.75) is 77.7 Å². The van der Waals surface area contributed by atoms with Crippen molar-refractivity contribution in [3.63, 3.8) is 0 Å². The van der Waals surface area contributed by atoms with Crippen molar-refractivity contribution in [2.75, 3.05) is 13.2 Å². The maximum Gasteiger partial charge on any atom is 0.108 e. The Morgan fingerprint density at radius 3 is 2.16 bits per heavy atom. The van der Waals surface area contributed by atoms with Gasteiger partial charge in [-0.05, 0) is 53.3 Å². The highest BCUT2D eigenvalue weighted by Crippen LogP contribution is 2.33. The second kappa shape index (κ2) is 6.15. The van der Waals surface area contributed by atoms with Crippen molar-refractivity contribution in [3.8, 4) is 0 Å². The average molecular weight is 270 g/mol. The lowest BCUT2D eigenvalue weighted by Gasteiger charge is -2.43. The van der Waals surface area contributed by atoms with Gasteiger partial charge in [-0.25, -0.2) is 0 Å². The van der Waals surface area contributed by atoms with E-state index in [1.54, 1.807) is 0 Å². The summed E-state index contributed by atoms with van der Waals surface area (Å²) >= 11 is 0. The van der Waals surface area contributed by atoms with E-state index in [1.807, 2.05) is 0 Å². The lowest BCUT2D eigenvalue weighted by molar-refractivity contribution is -0.196. The van der Waals surface area contributed by atoms with E-state index in [0.717, 1.165) is 6.61 Å². The molecule has 0 saturated carbocycles. The maximum atomic E-state index is 6.23. The molecule has 3 nitrogen and oxygen atoms in total. The van der Waals surface area contributed by atoms with Gasteiger partial charge in [0.2, 0.25) is 0 Å². The Hall–Kier alpha value is -0.0551. The Bertz CT molecular complexity index is 280. The topological polar surface area (TPSA) is 27.7 Å². The van der Waals surface area contributed by atoms with Gasteiger partial charge in [0.05, 0.1) is 23.9 Å². The summed E-state index contributed by atoms with van der Waals surface area (Å²) < 4.78 is 18.1. The van der Waals surface area contributed by atoms with E-state index >= 15 is 0 Å². The largest absolute Gasteiger partial charge is 0.374 e. The van der Waals surface area contributed by atoms with Crippen LogP contribution < -0.4 is 0 Å². The zero-order valence-electron chi connectivity index (χ0n) is 13.9. The van der Waals surface area contributed by atoms with Gasteiger partial charge >= 0.3 is 0 Å². The highest BCUT2D eigenvalue weighted by Gasteiger charge is 2.39. The van der Waals surface area contributed by atoms with Crippen molar-refractivity contribution in [1.29, 1.82) is 0 Å². The summed E-state index contributed by atoms with van der Waals surface area (Å²) in [5.74, 6) is 1.01. The normalized spacial score (nSPS) is 33.4. The molecule has 0 spiro atoms. The van der Waals surface area contributed by atoms with Crippen LogP contribution in [0.5, 0.6) is 0 Å². The van der Waals surface area contributed by atoms with Crippen molar-refractivity contribution < 1.29 is 14.2 Å². The first-order valence-electron chi connectivity index (χ1n) is 7.43. The number of rotatable bonds is 3. The summed E-state index contributed by atoms with van der Waals surface area (Å²) in [4.78, 5) is 0. The Labute approximate surface area is 119 Å². The highest BCUT2D eigenvalue weighted by molar-refractivity contribution is 6.12. The minimum absolute atomic E-state index is 0.0321. The fourth-order valence-electron chi connectivity index (χ4n) is 2.25. The van der Waals surface area contributed by atoms with E-state index in [4.69, 9.17) is 14.2 Å². The van der Waals surface area contributed by atoms with Gasteiger partial charge in [-0.3, -0.25) is 0 Å². The second-order valence-corrected chi connectivity index (χ2v) is 7.83. The molecule has 0 aliphatic carbocycles. The van der Waals surface area contributed by atoms with Crippen LogP contribution in [0.2, 0.25) is 5.82 Å². The molecule has 112 valence electrons. The predicted molar refractivity (Wildman–Crippen MR) is 81.5 cm³/mol. The molecule has 0 aromatic heterocycles. The summed E-state index contributed by atoms with van der Waals surface area (Å²) in [5, 5.41) is 0. The lowest BCUT2D eigenvalue weighted by Crippen LogP contribution is -2.50. The van der Waals surface area contributed by atoms with Crippen molar-refractivity contribution >= 4 is 7.85 Å². The Balaban J connectivity index is 2.70. The molecule has 1 fully saturated rings. The molecule has 2 unspecified atom stereocenters. The summed E-state index contributed by atoms with van der Waals surface area (Å²) in [6.07, 6.45) is 0.135. The molecule has 19 heavy (non-hydrogen) atoms. The quantitative estimate of drug-likeness (QED) is 0.737. The minimum Gasteiger partial charge on any atom is -0.374 e. The van der Waals surface area contributed by atoms with Crippen LogP contribution in [0.25, 0.3) is 0 Å². The van der Waals surface area contributed by atoms with Gasteiger partial charge in [0.25, 0.3) is 0 Å². The first kappa shape index (κ1) is 17.0. The third-order valence-corrected chi connectivity index (χ3v) is 3.53. The number of ether oxygens (including phenoxy) is 3. The van der Waals surface area contributed by atoms with Gasteiger partial charge in [-0.1, -0.05) is 6.92 Å². The van der Waals surface area contributed by atoms with Gasteiger partial charge < -0.3 is 14.2 Å². The van der Waals surface area contributed by atoms with E-state index in [2.05, 4.69) is 56.3 Å². The summed E-state index contributed by atoms with van der Waals surface area (Å²) in [6.45, 7) is 16.2. The third kappa shape index (κ3) is 5.84. The van der Waals surface area contributed by atoms with E-state index in [0.29, 0.717) is 18.3 Å². The van der Waals surface area contributed by atoms with Crippen LogP contribution >= 0.6 is 0 Å². The van der Waals surface area contributed by atoms with E-state index in [-0.39, 0.29) is 23.4 Å². The van der Waals surface area contributed by atoms with Gasteiger partial charge in [0.15, 0.2) is 0 Å². The SMILES string of the molecule is B[C@@H]1CO[C@H](COC(C)(C)C)C(OC(C)(C)C)C1C. The van der Waals surface area contributed by atoms with Crippen molar-refractivity contribution in [1.82, 2.24) is 0 Å². The van der Waals surface area contributed by atoms with E-state index in [9.17, 15) is 0 Å². The Kier molecular flexibility index (Phi) is 5.50. The standard InChI is InChI=1S/C15H31BO3/c1-10-11(16)8-17-12(9-18-14(2,3)4)13(10)19-15(5,6)7/h10-13H,8-9,16H2,1-7H3/t10?,11-,12-,13?/m1/s1. The molecule has 0 aromatic rings. The third-order valence-electron chi connectivity index (χ3n) is 3.53. The molecule has 4 atom stereocenters. The molecule has 1 rings (SSSR count). The molecule has 1 saturated heterocycles. The van der Waals surface area contributed by atoms with Gasteiger partial charge in [0.1, 0.15) is 14.0 Å². The molecule has 0 N–H and O–H groups in total. The minimum atomic E-state index is -0.153. The fourth-order valence-corrected chi connectivity index (χ4v) is 2.25. The zero-order valence-corrected chi connectivity index (χ0v) is 13.9. The number of hydrogen-bond donors (Lipinski definition) is 0. The van der Waals surface area contributed by atoms with Crippen LogP contribution in [0.3, 0.4) is 0 Å². The Morgan fingerprint density at radius 1 is 1.11 bits per heavy atom. The van der Waals surface area contributed by atoms with Crippen LogP contribution in [-0.4, -0.2) is 44.5 Å². The molecule has 1 aliphatic rings. The van der Waals surface area contributed by atoms with Crippen LogP contribution in [0.15, 0.2) is 0 Å². The maximum absolute atomic E-state index is 6.23. The molecule has 0 aromatic carbocycles. The first-order valence-corrected chi connectivity index (χ1v) is 7.43. The molecular formula is C15H31BO3. The molecule has 0 bridgehead atoms. The van der Waals surface area contributed by atoms with Crippen LogP contribution in [0, 0.1) is 5.92 Å².